The Labute approximate surface area is 118 Å². The molecule has 2 aromatic rings. The van der Waals surface area contributed by atoms with E-state index in [9.17, 15) is 13.2 Å². The zero-order valence-corrected chi connectivity index (χ0v) is 11.4. The van der Waals surface area contributed by atoms with Gasteiger partial charge in [0.25, 0.3) is 0 Å². The van der Waals surface area contributed by atoms with Crippen LogP contribution in [0, 0.1) is 6.92 Å². The standard InChI is InChI=1S/C14H9Cl2F3/c1-8-6-9(14(17,18)19)2-4-11(8)12-5-3-10(15)7-13(12)16/h2-7H,1H3. The molecule has 0 saturated carbocycles. The zero-order chi connectivity index (χ0) is 14.2. The molecular weight excluding hydrogens is 296 g/mol. The van der Waals surface area contributed by atoms with Crippen LogP contribution in [0.5, 0.6) is 0 Å². The maximum Gasteiger partial charge on any atom is 0.416 e. The van der Waals surface area contributed by atoms with Crippen LogP contribution in [-0.2, 0) is 6.18 Å². The molecule has 100 valence electrons. The van der Waals surface area contributed by atoms with Gasteiger partial charge in [-0.3, -0.25) is 0 Å². The SMILES string of the molecule is Cc1cc(C(F)(F)F)ccc1-c1ccc(Cl)cc1Cl. The number of rotatable bonds is 1. The summed E-state index contributed by atoms with van der Waals surface area (Å²) in [4.78, 5) is 0. The van der Waals surface area contributed by atoms with Gasteiger partial charge in [0.05, 0.1) is 5.56 Å². The van der Waals surface area contributed by atoms with E-state index in [0.717, 1.165) is 12.1 Å². The average molecular weight is 305 g/mol. The minimum atomic E-state index is -4.34. The highest BCUT2D eigenvalue weighted by atomic mass is 35.5. The lowest BCUT2D eigenvalue weighted by Gasteiger charge is -2.12. The van der Waals surface area contributed by atoms with E-state index in [2.05, 4.69) is 0 Å². The van der Waals surface area contributed by atoms with Gasteiger partial charge in [-0.1, -0.05) is 35.3 Å². The summed E-state index contributed by atoms with van der Waals surface area (Å²) >= 11 is 11.9. The van der Waals surface area contributed by atoms with Crippen LogP contribution in [0.4, 0.5) is 13.2 Å². The summed E-state index contributed by atoms with van der Waals surface area (Å²) in [6.45, 7) is 1.62. The summed E-state index contributed by atoms with van der Waals surface area (Å²) in [6, 6.07) is 8.50. The van der Waals surface area contributed by atoms with Crippen molar-refractivity contribution in [3.63, 3.8) is 0 Å². The number of hydrogen-bond acceptors (Lipinski definition) is 0. The Balaban J connectivity index is 2.52. The highest BCUT2D eigenvalue weighted by Crippen LogP contribution is 2.36. The van der Waals surface area contributed by atoms with Crippen LogP contribution in [-0.4, -0.2) is 0 Å². The van der Waals surface area contributed by atoms with Gasteiger partial charge in [-0.15, -0.1) is 0 Å². The quantitative estimate of drug-likeness (QED) is 0.607. The van der Waals surface area contributed by atoms with Gasteiger partial charge >= 0.3 is 6.18 Å². The molecule has 5 heteroatoms. The molecule has 0 aliphatic rings. The van der Waals surface area contributed by atoms with Crippen molar-refractivity contribution in [3.05, 3.63) is 57.6 Å². The first-order valence-electron chi connectivity index (χ1n) is 5.42. The monoisotopic (exact) mass is 304 g/mol. The minimum absolute atomic E-state index is 0.412. The van der Waals surface area contributed by atoms with Crippen LogP contribution in [0.1, 0.15) is 11.1 Å². The van der Waals surface area contributed by atoms with Crippen molar-refractivity contribution in [1.82, 2.24) is 0 Å². The molecule has 2 rings (SSSR count). The number of halogens is 5. The maximum atomic E-state index is 12.6. The van der Waals surface area contributed by atoms with E-state index in [1.165, 1.54) is 6.07 Å². The lowest BCUT2D eigenvalue weighted by atomic mass is 9.98. The molecule has 0 atom stereocenters. The Kier molecular flexibility index (Phi) is 3.79. The summed E-state index contributed by atoms with van der Waals surface area (Å²) < 4.78 is 37.8. The van der Waals surface area contributed by atoms with E-state index in [-0.39, 0.29) is 0 Å². The van der Waals surface area contributed by atoms with Crippen molar-refractivity contribution < 1.29 is 13.2 Å². The molecule has 0 aromatic heterocycles. The normalized spacial score (nSPS) is 11.7. The molecule has 0 aliphatic heterocycles. The fraction of sp³-hybridized carbons (Fsp3) is 0.143. The van der Waals surface area contributed by atoms with Gasteiger partial charge in [-0.05, 0) is 42.3 Å². The van der Waals surface area contributed by atoms with Crippen LogP contribution in [0.15, 0.2) is 36.4 Å². The van der Waals surface area contributed by atoms with Gasteiger partial charge in [0.2, 0.25) is 0 Å². The second-order valence-electron chi connectivity index (χ2n) is 4.15. The van der Waals surface area contributed by atoms with Crippen LogP contribution in [0.2, 0.25) is 10.0 Å². The first-order chi connectivity index (χ1) is 8.79. The molecule has 0 aliphatic carbocycles. The molecule has 0 N–H and O–H groups in total. The second kappa shape index (κ2) is 5.06. The Morgan fingerprint density at radius 1 is 0.895 bits per heavy atom. The second-order valence-corrected chi connectivity index (χ2v) is 5.00. The molecule has 0 saturated heterocycles. The van der Waals surface area contributed by atoms with Crippen LogP contribution < -0.4 is 0 Å². The summed E-state index contributed by atoms with van der Waals surface area (Å²) in [5.74, 6) is 0. The average Bonchev–Trinajstić information content (AvgIpc) is 2.28. The molecule has 2 aromatic carbocycles. The first-order valence-corrected chi connectivity index (χ1v) is 6.18. The topological polar surface area (TPSA) is 0 Å². The highest BCUT2D eigenvalue weighted by molar-refractivity contribution is 6.36. The van der Waals surface area contributed by atoms with E-state index in [1.54, 1.807) is 25.1 Å². The van der Waals surface area contributed by atoms with Crippen molar-refractivity contribution in [2.75, 3.05) is 0 Å². The minimum Gasteiger partial charge on any atom is -0.166 e. The van der Waals surface area contributed by atoms with Gasteiger partial charge < -0.3 is 0 Å². The predicted molar refractivity (Wildman–Crippen MR) is 71.6 cm³/mol. The Bertz CT molecular complexity index is 619. The van der Waals surface area contributed by atoms with Gasteiger partial charge in [0, 0.05) is 15.6 Å². The van der Waals surface area contributed by atoms with E-state index in [4.69, 9.17) is 23.2 Å². The van der Waals surface area contributed by atoms with Crippen molar-refractivity contribution in [1.29, 1.82) is 0 Å². The lowest BCUT2D eigenvalue weighted by molar-refractivity contribution is -0.137. The Hall–Kier alpha value is -1.19. The third-order valence-electron chi connectivity index (χ3n) is 2.78. The molecule has 0 fully saturated rings. The molecule has 0 nitrogen and oxygen atoms in total. The summed E-state index contributed by atoms with van der Waals surface area (Å²) in [6.07, 6.45) is -4.34. The zero-order valence-electron chi connectivity index (χ0n) is 9.85. The number of aryl methyl sites for hydroxylation is 1. The number of alkyl halides is 3. The van der Waals surface area contributed by atoms with Gasteiger partial charge in [0.1, 0.15) is 0 Å². The summed E-state index contributed by atoms with van der Waals surface area (Å²) in [5, 5.41) is 0.897. The molecule has 0 amide bonds. The van der Waals surface area contributed by atoms with E-state index in [1.807, 2.05) is 0 Å². The summed E-state index contributed by atoms with van der Waals surface area (Å²) in [7, 11) is 0. The molecule has 0 heterocycles. The van der Waals surface area contributed by atoms with Crippen molar-refractivity contribution in [2.45, 2.75) is 13.1 Å². The third kappa shape index (κ3) is 3.04. The van der Waals surface area contributed by atoms with Crippen molar-refractivity contribution in [3.8, 4) is 11.1 Å². The lowest BCUT2D eigenvalue weighted by Crippen LogP contribution is -2.05. The third-order valence-corrected chi connectivity index (χ3v) is 3.32. The Morgan fingerprint density at radius 2 is 1.53 bits per heavy atom. The van der Waals surface area contributed by atoms with Crippen LogP contribution in [0.3, 0.4) is 0 Å². The predicted octanol–water partition coefficient (Wildman–Crippen LogP) is 5.99. The van der Waals surface area contributed by atoms with E-state index in [0.29, 0.717) is 26.7 Å². The van der Waals surface area contributed by atoms with Gasteiger partial charge in [-0.25, -0.2) is 0 Å². The fourth-order valence-electron chi connectivity index (χ4n) is 1.85. The van der Waals surface area contributed by atoms with Crippen molar-refractivity contribution >= 4 is 23.2 Å². The summed E-state index contributed by atoms with van der Waals surface area (Å²) in [5.41, 5.74) is 1.17. The Morgan fingerprint density at radius 3 is 2.05 bits per heavy atom. The highest BCUT2D eigenvalue weighted by Gasteiger charge is 2.30. The molecular formula is C14H9Cl2F3. The first kappa shape index (κ1) is 14.2. The molecule has 0 spiro atoms. The number of benzene rings is 2. The smallest absolute Gasteiger partial charge is 0.166 e. The van der Waals surface area contributed by atoms with Crippen molar-refractivity contribution in [2.24, 2.45) is 0 Å². The fourth-order valence-corrected chi connectivity index (χ4v) is 2.36. The van der Waals surface area contributed by atoms with E-state index >= 15 is 0 Å². The van der Waals surface area contributed by atoms with E-state index < -0.39 is 11.7 Å². The number of hydrogen-bond donors (Lipinski definition) is 0. The molecule has 19 heavy (non-hydrogen) atoms. The van der Waals surface area contributed by atoms with Crippen LogP contribution in [0.25, 0.3) is 11.1 Å². The van der Waals surface area contributed by atoms with Gasteiger partial charge in [-0.2, -0.15) is 13.2 Å². The van der Waals surface area contributed by atoms with Gasteiger partial charge in [0.15, 0.2) is 0 Å². The molecule has 0 radical (unpaired) electrons. The largest absolute Gasteiger partial charge is 0.416 e. The maximum absolute atomic E-state index is 12.6. The molecule has 0 bridgehead atoms. The van der Waals surface area contributed by atoms with Crippen LogP contribution >= 0.6 is 23.2 Å². The molecule has 0 unspecified atom stereocenters.